The fourth-order valence-corrected chi connectivity index (χ4v) is 3.46. The Morgan fingerprint density at radius 1 is 1.10 bits per heavy atom. The highest BCUT2D eigenvalue weighted by Crippen LogP contribution is 2.35. The summed E-state index contributed by atoms with van der Waals surface area (Å²) in [6.45, 7) is 2.14. The Morgan fingerprint density at radius 2 is 1.86 bits per heavy atom. The van der Waals surface area contributed by atoms with Crippen LogP contribution in [0.4, 0.5) is 0 Å². The zero-order valence-corrected chi connectivity index (χ0v) is 14.5. The van der Waals surface area contributed by atoms with Crippen molar-refractivity contribution in [1.82, 2.24) is 9.97 Å². The molecule has 5 heteroatoms. The predicted octanol–water partition coefficient (Wildman–Crippen LogP) is 5.85. The Labute approximate surface area is 141 Å². The quantitative estimate of drug-likeness (QED) is 0.533. The summed E-state index contributed by atoms with van der Waals surface area (Å²) in [5, 5.41) is 0.435. The summed E-state index contributed by atoms with van der Waals surface area (Å²) >= 11 is 11.5. The van der Waals surface area contributed by atoms with Crippen molar-refractivity contribution >= 4 is 38.9 Å². The van der Waals surface area contributed by atoms with E-state index in [9.17, 15) is 0 Å². The molecule has 0 bridgehead atoms. The summed E-state index contributed by atoms with van der Waals surface area (Å²) in [5.74, 6) is 0.673. The van der Waals surface area contributed by atoms with Crippen LogP contribution in [-0.4, -0.2) is 9.97 Å². The molecule has 0 spiro atoms. The van der Waals surface area contributed by atoms with Gasteiger partial charge in [0.15, 0.2) is 5.82 Å². The SMILES string of the molecule is CCc1ccc(-c2nc(Cl)c(Br)c(-c3ccccc3)n2)s1. The summed E-state index contributed by atoms with van der Waals surface area (Å²) in [7, 11) is 0. The van der Waals surface area contributed by atoms with Crippen molar-refractivity contribution in [2.45, 2.75) is 13.3 Å². The second kappa shape index (κ2) is 6.26. The van der Waals surface area contributed by atoms with Crippen LogP contribution >= 0.6 is 38.9 Å². The Hall–Kier alpha value is -1.23. The molecule has 2 heterocycles. The number of thiophene rings is 1. The van der Waals surface area contributed by atoms with E-state index in [-0.39, 0.29) is 0 Å². The minimum absolute atomic E-state index is 0.435. The molecule has 0 fully saturated rings. The van der Waals surface area contributed by atoms with Gasteiger partial charge in [0.1, 0.15) is 5.15 Å². The molecule has 21 heavy (non-hydrogen) atoms. The normalized spacial score (nSPS) is 10.8. The van der Waals surface area contributed by atoms with Crippen molar-refractivity contribution < 1.29 is 0 Å². The van der Waals surface area contributed by atoms with Crippen molar-refractivity contribution in [3.05, 3.63) is 57.0 Å². The van der Waals surface area contributed by atoms with Gasteiger partial charge in [-0.3, -0.25) is 0 Å². The predicted molar refractivity (Wildman–Crippen MR) is 92.9 cm³/mol. The van der Waals surface area contributed by atoms with Gasteiger partial charge in [0, 0.05) is 10.4 Å². The second-order valence-electron chi connectivity index (χ2n) is 4.49. The topological polar surface area (TPSA) is 25.8 Å². The second-order valence-corrected chi connectivity index (χ2v) is 6.81. The Kier molecular flexibility index (Phi) is 4.38. The first-order valence-corrected chi connectivity index (χ1v) is 8.55. The third-order valence-electron chi connectivity index (χ3n) is 3.09. The molecular weight excluding hydrogens is 368 g/mol. The van der Waals surface area contributed by atoms with Crippen LogP contribution in [0.1, 0.15) is 11.8 Å². The van der Waals surface area contributed by atoms with E-state index >= 15 is 0 Å². The molecule has 0 saturated carbocycles. The summed E-state index contributed by atoms with van der Waals surface area (Å²) in [5.41, 5.74) is 1.83. The van der Waals surface area contributed by atoms with Gasteiger partial charge in [-0.05, 0) is 34.5 Å². The van der Waals surface area contributed by atoms with Gasteiger partial charge in [0.05, 0.1) is 15.0 Å². The maximum atomic E-state index is 6.27. The van der Waals surface area contributed by atoms with Gasteiger partial charge in [-0.25, -0.2) is 9.97 Å². The molecule has 0 amide bonds. The fraction of sp³-hybridized carbons (Fsp3) is 0.125. The van der Waals surface area contributed by atoms with Crippen molar-refractivity contribution in [2.75, 3.05) is 0 Å². The maximum absolute atomic E-state index is 6.27. The molecule has 0 aliphatic heterocycles. The summed E-state index contributed by atoms with van der Waals surface area (Å²) < 4.78 is 0.728. The molecule has 0 aliphatic rings. The summed E-state index contributed by atoms with van der Waals surface area (Å²) in [4.78, 5) is 11.4. The zero-order valence-electron chi connectivity index (χ0n) is 11.3. The first-order valence-electron chi connectivity index (χ1n) is 6.56. The van der Waals surface area contributed by atoms with E-state index in [1.54, 1.807) is 11.3 Å². The molecule has 2 nitrogen and oxygen atoms in total. The number of rotatable bonds is 3. The molecule has 106 valence electrons. The lowest BCUT2D eigenvalue weighted by atomic mass is 10.1. The van der Waals surface area contributed by atoms with Crippen molar-refractivity contribution in [1.29, 1.82) is 0 Å². The van der Waals surface area contributed by atoms with Gasteiger partial charge in [0.2, 0.25) is 0 Å². The van der Waals surface area contributed by atoms with Crippen LogP contribution in [0.2, 0.25) is 5.15 Å². The molecule has 0 unspecified atom stereocenters. The Balaban J connectivity index is 2.14. The molecule has 1 aromatic carbocycles. The molecule has 0 saturated heterocycles. The number of aryl methyl sites for hydroxylation is 1. The lowest BCUT2D eigenvalue weighted by molar-refractivity contribution is 1.17. The van der Waals surface area contributed by atoms with Crippen LogP contribution < -0.4 is 0 Å². The molecule has 2 aromatic heterocycles. The van der Waals surface area contributed by atoms with E-state index in [1.807, 2.05) is 30.3 Å². The van der Waals surface area contributed by atoms with Gasteiger partial charge < -0.3 is 0 Å². The van der Waals surface area contributed by atoms with Crippen molar-refractivity contribution in [3.63, 3.8) is 0 Å². The number of hydrogen-bond donors (Lipinski definition) is 0. The maximum Gasteiger partial charge on any atom is 0.171 e. The van der Waals surface area contributed by atoms with E-state index in [0.29, 0.717) is 11.0 Å². The fourth-order valence-electron chi connectivity index (χ4n) is 2.01. The highest BCUT2D eigenvalue weighted by atomic mass is 79.9. The van der Waals surface area contributed by atoms with Crippen LogP contribution in [0.25, 0.3) is 22.0 Å². The van der Waals surface area contributed by atoms with Crippen LogP contribution in [0.5, 0.6) is 0 Å². The number of aromatic nitrogens is 2. The van der Waals surface area contributed by atoms with Gasteiger partial charge in [-0.1, -0.05) is 48.9 Å². The van der Waals surface area contributed by atoms with Crippen LogP contribution in [0.15, 0.2) is 46.9 Å². The third-order valence-corrected chi connectivity index (χ3v) is 5.57. The molecule has 3 rings (SSSR count). The minimum atomic E-state index is 0.435. The minimum Gasteiger partial charge on any atom is -0.226 e. The third kappa shape index (κ3) is 3.03. The number of benzene rings is 1. The zero-order chi connectivity index (χ0) is 14.8. The van der Waals surface area contributed by atoms with Gasteiger partial charge in [0.25, 0.3) is 0 Å². The highest BCUT2D eigenvalue weighted by molar-refractivity contribution is 9.10. The van der Waals surface area contributed by atoms with Crippen molar-refractivity contribution in [2.24, 2.45) is 0 Å². The lowest BCUT2D eigenvalue weighted by Crippen LogP contribution is -1.94. The van der Waals surface area contributed by atoms with Gasteiger partial charge in [-0.15, -0.1) is 11.3 Å². The van der Waals surface area contributed by atoms with E-state index in [2.05, 4.69) is 45.0 Å². The van der Waals surface area contributed by atoms with E-state index in [0.717, 1.165) is 27.0 Å². The molecule has 0 atom stereocenters. The molecule has 0 aliphatic carbocycles. The average molecular weight is 380 g/mol. The van der Waals surface area contributed by atoms with Crippen LogP contribution in [0, 0.1) is 0 Å². The van der Waals surface area contributed by atoms with E-state index in [4.69, 9.17) is 11.6 Å². The van der Waals surface area contributed by atoms with E-state index < -0.39 is 0 Å². The van der Waals surface area contributed by atoms with Crippen LogP contribution in [-0.2, 0) is 6.42 Å². The number of nitrogens with zero attached hydrogens (tertiary/aromatic N) is 2. The van der Waals surface area contributed by atoms with Gasteiger partial charge in [-0.2, -0.15) is 0 Å². The first-order chi connectivity index (χ1) is 10.2. The number of halogens is 2. The highest BCUT2D eigenvalue weighted by Gasteiger charge is 2.14. The average Bonchev–Trinajstić information content (AvgIpc) is 3.00. The standard InChI is InChI=1S/C16H12BrClN2S/c1-2-11-8-9-12(21-11)16-19-14(13(17)15(18)20-16)10-6-4-3-5-7-10/h3-9H,2H2,1H3. The molecule has 0 radical (unpaired) electrons. The number of hydrogen-bond acceptors (Lipinski definition) is 3. The van der Waals surface area contributed by atoms with Gasteiger partial charge >= 0.3 is 0 Å². The van der Waals surface area contributed by atoms with Crippen LogP contribution in [0.3, 0.4) is 0 Å². The lowest BCUT2D eigenvalue weighted by Gasteiger charge is -2.07. The molecule has 0 N–H and O–H groups in total. The van der Waals surface area contributed by atoms with E-state index in [1.165, 1.54) is 4.88 Å². The smallest absolute Gasteiger partial charge is 0.171 e. The molecule has 3 aromatic rings. The van der Waals surface area contributed by atoms with Crippen molar-refractivity contribution in [3.8, 4) is 22.0 Å². The monoisotopic (exact) mass is 378 g/mol. The first kappa shape index (κ1) is 14.7. The Bertz CT molecular complexity index is 771. The molecular formula is C16H12BrClN2S. The Morgan fingerprint density at radius 3 is 2.52 bits per heavy atom. The largest absolute Gasteiger partial charge is 0.226 e. The summed E-state index contributed by atoms with van der Waals surface area (Å²) in [6.07, 6.45) is 1.01. The summed E-state index contributed by atoms with van der Waals surface area (Å²) in [6, 6.07) is 14.1.